The highest BCUT2D eigenvalue weighted by Crippen LogP contribution is 2.23. The lowest BCUT2D eigenvalue weighted by atomic mass is 10.1. The van der Waals surface area contributed by atoms with Crippen LogP contribution in [0, 0.1) is 0 Å². The molecular weight excluding hydrogens is 366 g/mol. The fourth-order valence-corrected chi connectivity index (χ4v) is 2.37. The summed E-state index contributed by atoms with van der Waals surface area (Å²) >= 11 is 0. The maximum absolute atomic E-state index is 12.6. The molecule has 0 saturated carbocycles. The first-order valence-corrected chi connectivity index (χ1v) is 7.97. The number of hydrogen-bond acceptors (Lipinski definition) is 4. The van der Waals surface area contributed by atoms with E-state index in [1.54, 1.807) is 30.6 Å². The van der Waals surface area contributed by atoms with Crippen LogP contribution in [-0.2, 0) is 13.2 Å². The second-order valence-corrected chi connectivity index (χ2v) is 5.50. The summed E-state index contributed by atoms with van der Waals surface area (Å²) in [6.07, 6.45) is 3.25. The molecule has 0 fully saturated rings. The summed E-state index contributed by atoms with van der Waals surface area (Å²) in [5.74, 6) is 0.274. The fraction of sp³-hybridized carbons (Fsp3) is 0.100. The lowest BCUT2D eigenvalue weighted by Gasteiger charge is -2.13. The predicted octanol–water partition coefficient (Wildman–Crippen LogP) is 2.97. The predicted molar refractivity (Wildman–Crippen MR) is 108 cm³/mol. The monoisotopic (exact) mass is 387 g/mol. The van der Waals surface area contributed by atoms with Gasteiger partial charge < -0.3 is 21.3 Å². The molecule has 6 nitrogen and oxygen atoms in total. The van der Waals surface area contributed by atoms with Gasteiger partial charge in [0.15, 0.2) is 0 Å². The SMILES string of the molecule is Cl.NCc1ccc(C(=O)Nc2ccncc2)c(OCc2ccccc2)c1.O. The van der Waals surface area contributed by atoms with E-state index < -0.39 is 0 Å². The number of anilines is 1. The lowest BCUT2D eigenvalue weighted by Crippen LogP contribution is -2.14. The van der Waals surface area contributed by atoms with E-state index in [1.165, 1.54) is 0 Å². The van der Waals surface area contributed by atoms with Crippen LogP contribution < -0.4 is 15.8 Å². The van der Waals surface area contributed by atoms with Crippen molar-refractivity contribution in [2.45, 2.75) is 13.2 Å². The minimum atomic E-state index is -0.238. The summed E-state index contributed by atoms with van der Waals surface area (Å²) in [6.45, 7) is 0.762. The second kappa shape index (κ2) is 10.9. The highest BCUT2D eigenvalue weighted by Gasteiger charge is 2.14. The topological polar surface area (TPSA) is 109 Å². The van der Waals surface area contributed by atoms with E-state index in [2.05, 4.69) is 10.3 Å². The first kappa shape index (κ1) is 22.1. The Labute approximate surface area is 164 Å². The van der Waals surface area contributed by atoms with Crippen LogP contribution in [-0.4, -0.2) is 16.4 Å². The van der Waals surface area contributed by atoms with E-state index in [1.807, 2.05) is 42.5 Å². The number of hydrogen-bond donors (Lipinski definition) is 2. The van der Waals surface area contributed by atoms with Crippen LogP contribution in [0.1, 0.15) is 21.5 Å². The molecule has 0 aliphatic heterocycles. The van der Waals surface area contributed by atoms with Crippen molar-refractivity contribution in [2.24, 2.45) is 5.73 Å². The van der Waals surface area contributed by atoms with Crippen LogP contribution in [0.25, 0.3) is 0 Å². The lowest BCUT2D eigenvalue weighted by molar-refractivity contribution is 0.102. The Balaban J connectivity index is 0.00000182. The standard InChI is InChI=1S/C20H19N3O2.ClH.H2O/c21-13-16-6-7-18(20(24)23-17-8-10-22-11-9-17)19(12-16)25-14-15-4-2-1-3-5-15;;/h1-12H,13-14,21H2,(H,22,23,24);1H;1H2. The molecule has 27 heavy (non-hydrogen) atoms. The summed E-state index contributed by atoms with van der Waals surface area (Å²) in [5, 5.41) is 2.84. The zero-order valence-corrected chi connectivity index (χ0v) is 15.4. The first-order valence-electron chi connectivity index (χ1n) is 7.97. The van der Waals surface area contributed by atoms with Gasteiger partial charge in [-0.15, -0.1) is 12.4 Å². The number of pyridine rings is 1. The molecule has 7 heteroatoms. The molecule has 5 N–H and O–H groups in total. The highest BCUT2D eigenvalue weighted by atomic mass is 35.5. The van der Waals surface area contributed by atoms with E-state index in [4.69, 9.17) is 10.5 Å². The zero-order valence-electron chi connectivity index (χ0n) is 14.6. The number of aromatic nitrogens is 1. The third-order valence-corrected chi connectivity index (χ3v) is 3.70. The van der Waals surface area contributed by atoms with Gasteiger partial charge in [-0.2, -0.15) is 0 Å². The Bertz CT molecular complexity index is 846. The Hall–Kier alpha value is -2.93. The van der Waals surface area contributed by atoms with Gasteiger partial charge in [0.05, 0.1) is 5.56 Å². The van der Waals surface area contributed by atoms with E-state index >= 15 is 0 Å². The van der Waals surface area contributed by atoms with Crippen LogP contribution in [0.3, 0.4) is 0 Å². The Morgan fingerprint density at radius 2 is 1.70 bits per heavy atom. The molecule has 1 amide bonds. The molecular formula is C20H22ClN3O3. The molecule has 0 saturated heterocycles. The van der Waals surface area contributed by atoms with Gasteiger partial charge in [0.2, 0.25) is 0 Å². The van der Waals surface area contributed by atoms with Gasteiger partial charge in [0.25, 0.3) is 5.91 Å². The fourth-order valence-electron chi connectivity index (χ4n) is 2.37. The first-order chi connectivity index (χ1) is 12.3. The number of nitrogens with zero attached hydrogens (tertiary/aromatic N) is 1. The number of rotatable bonds is 6. The van der Waals surface area contributed by atoms with Crippen molar-refractivity contribution >= 4 is 24.0 Å². The number of carbonyl (C=O) groups excluding carboxylic acids is 1. The number of halogens is 1. The van der Waals surface area contributed by atoms with Crippen LogP contribution in [0.15, 0.2) is 73.1 Å². The highest BCUT2D eigenvalue weighted by molar-refractivity contribution is 6.06. The quantitative estimate of drug-likeness (QED) is 0.677. The largest absolute Gasteiger partial charge is 0.488 e. The van der Waals surface area contributed by atoms with Gasteiger partial charge in [0.1, 0.15) is 12.4 Å². The van der Waals surface area contributed by atoms with E-state index in [0.717, 1.165) is 11.1 Å². The summed E-state index contributed by atoms with van der Waals surface area (Å²) < 4.78 is 5.90. The van der Waals surface area contributed by atoms with E-state index in [-0.39, 0.29) is 23.8 Å². The molecule has 3 aromatic rings. The minimum absolute atomic E-state index is 0. The average molecular weight is 388 g/mol. The molecule has 3 rings (SSSR count). The van der Waals surface area contributed by atoms with Gasteiger partial charge in [-0.1, -0.05) is 36.4 Å². The van der Waals surface area contributed by atoms with Gasteiger partial charge in [-0.3, -0.25) is 9.78 Å². The van der Waals surface area contributed by atoms with Gasteiger partial charge in [-0.05, 0) is 35.4 Å². The molecule has 1 aromatic heterocycles. The normalized spacial score (nSPS) is 9.52. The maximum Gasteiger partial charge on any atom is 0.259 e. The van der Waals surface area contributed by atoms with Crippen molar-refractivity contribution in [3.8, 4) is 5.75 Å². The maximum atomic E-state index is 12.6. The number of nitrogens with two attached hydrogens (primary N) is 1. The average Bonchev–Trinajstić information content (AvgIpc) is 2.67. The van der Waals surface area contributed by atoms with E-state index in [0.29, 0.717) is 30.2 Å². The number of benzene rings is 2. The van der Waals surface area contributed by atoms with Gasteiger partial charge >= 0.3 is 0 Å². The van der Waals surface area contributed by atoms with Gasteiger partial charge in [0, 0.05) is 24.6 Å². The molecule has 1 heterocycles. The Kier molecular flexibility index (Phi) is 8.95. The third kappa shape index (κ3) is 6.07. The molecule has 0 unspecified atom stereocenters. The summed E-state index contributed by atoms with van der Waals surface area (Å²) in [5.41, 5.74) is 8.79. The molecule has 0 aliphatic carbocycles. The van der Waals surface area contributed by atoms with Crippen molar-refractivity contribution in [3.63, 3.8) is 0 Å². The number of nitrogens with one attached hydrogen (secondary N) is 1. The summed E-state index contributed by atoms with van der Waals surface area (Å²) in [4.78, 5) is 16.5. The molecule has 2 aromatic carbocycles. The minimum Gasteiger partial charge on any atom is -0.488 e. The molecule has 0 bridgehead atoms. The number of amides is 1. The van der Waals surface area contributed by atoms with Crippen molar-refractivity contribution < 1.29 is 15.0 Å². The van der Waals surface area contributed by atoms with Crippen molar-refractivity contribution in [2.75, 3.05) is 5.32 Å². The second-order valence-electron chi connectivity index (χ2n) is 5.50. The van der Waals surface area contributed by atoms with Crippen molar-refractivity contribution in [1.29, 1.82) is 0 Å². The van der Waals surface area contributed by atoms with Crippen LogP contribution in [0.5, 0.6) is 5.75 Å². The summed E-state index contributed by atoms with van der Waals surface area (Å²) in [6, 6.07) is 18.6. The number of carbonyl (C=O) groups is 1. The van der Waals surface area contributed by atoms with Crippen molar-refractivity contribution in [1.82, 2.24) is 4.98 Å². The molecule has 0 atom stereocenters. The molecule has 0 aliphatic rings. The summed E-state index contributed by atoms with van der Waals surface area (Å²) in [7, 11) is 0. The molecule has 0 spiro atoms. The Morgan fingerprint density at radius 3 is 2.37 bits per heavy atom. The smallest absolute Gasteiger partial charge is 0.259 e. The zero-order chi connectivity index (χ0) is 17.5. The Morgan fingerprint density at radius 1 is 1.00 bits per heavy atom. The van der Waals surface area contributed by atoms with E-state index in [9.17, 15) is 4.79 Å². The van der Waals surface area contributed by atoms with Crippen LogP contribution >= 0.6 is 12.4 Å². The van der Waals surface area contributed by atoms with Gasteiger partial charge in [-0.25, -0.2) is 0 Å². The van der Waals surface area contributed by atoms with Crippen LogP contribution in [0.2, 0.25) is 0 Å². The molecule has 142 valence electrons. The van der Waals surface area contributed by atoms with Crippen LogP contribution in [0.4, 0.5) is 5.69 Å². The number of ether oxygens (including phenoxy) is 1. The third-order valence-electron chi connectivity index (χ3n) is 3.70. The van der Waals surface area contributed by atoms with Crippen molar-refractivity contribution in [3.05, 3.63) is 89.7 Å². The molecule has 0 radical (unpaired) electrons.